The molecular formula is C23H37N6O14P. The Bertz CT molecular complexity index is 1500. The third-order valence-electron chi connectivity index (χ3n) is 7.77. The predicted octanol–water partition coefficient (Wildman–Crippen LogP) is -3.91. The number of phosphoric acid groups is 1. The molecule has 8 atom stereocenters. The molecule has 0 aromatic carbocycles. The quantitative estimate of drug-likeness (QED) is 0.0971. The van der Waals surface area contributed by atoms with Crippen LogP contribution in [0.15, 0.2) is 34.1 Å². The van der Waals surface area contributed by atoms with Crippen LogP contribution in [0.1, 0.15) is 27.2 Å². The van der Waals surface area contributed by atoms with Crippen LogP contribution in [0.25, 0.3) is 0 Å². The van der Waals surface area contributed by atoms with Gasteiger partial charge in [0.25, 0.3) is 0 Å². The monoisotopic (exact) mass is 652 g/mol. The minimum absolute atomic E-state index is 0.0478. The molecule has 2 aromatic heterocycles. The molecule has 11 N–H and O–H groups in total. The second kappa shape index (κ2) is 12.5. The highest BCUT2D eigenvalue weighted by Gasteiger charge is 2.75. The molecular weight excluding hydrogens is 615 g/mol. The molecule has 21 heteroatoms. The third-order valence-corrected chi connectivity index (χ3v) is 8.34. The SMILES string of the molecule is CC[C@@]1(OP(=O)(O)O)[C@@H](CO)O[C@@](C)(n2ccc(N)nc2=O)[C@@]1(O)OC.C[C@@]1(n2ccc(N)nc2=O)O[C@H](CO)[C@@H](O)[C@H]1O. The van der Waals surface area contributed by atoms with Gasteiger partial charge in [-0.05, 0) is 32.4 Å². The molecule has 0 aliphatic carbocycles. The van der Waals surface area contributed by atoms with Crippen LogP contribution >= 0.6 is 7.82 Å². The zero-order valence-corrected chi connectivity index (χ0v) is 25.0. The Morgan fingerprint density at radius 2 is 1.52 bits per heavy atom. The summed E-state index contributed by atoms with van der Waals surface area (Å²) in [7, 11) is -4.12. The molecule has 2 fully saturated rings. The number of anilines is 2. The molecule has 0 unspecified atom stereocenters. The minimum Gasteiger partial charge on any atom is -0.394 e. The smallest absolute Gasteiger partial charge is 0.394 e. The van der Waals surface area contributed by atoms with Crippen molar-refractivity contribution in [1.82, 2.24) is 19.1 Å². The molecule has 0 bridgehead atoms. The fourth-order valence-electron chi connectivity index (χ4n) is 5.50. The summed E-state index contributed by atoms with van der Waals surface area (Å²) in [5.41, 5.74) is 3.45. The van der Waals surface area contributed by atoms with E-state index in [1.165, 1.54) is 45.3 Å². The highest BCUT2D eigenvalue weighted by molar-refractivity contribution is 7.46. The van der Waals surface area contributed by atoms with Crippen molar-refractivity contribution in [3.63, 3.8) is 0 Å². The standard InChI is InChI=1S/C13H22N3O9P.C10H15N3O5/c1-4-12(25-26(20,21)22)8(7-17)24-11(2,13(12,19)23-3)16-6-5-9(14)15-10(16)18;1-10(8(16)7(15)5(4-14)18-10)13-3-2-6(11)12-9(13)17/h5-6,8,17,19H,4,7H2,1-3H3,(H2,14,15,18)(H2,20,21,22);2-3,5,7-8,14-16H,4H2,1H3,(H2,11,12,17)/t8-,11-,12-,13-;5-,7-,8-,10-/m11/s1. The van der Waals surface area contributed by atoms with Gasteiger partial charge in [-0.15, -0.1) is 0 Å². The lowest BCUT2D eigenvalue weighted by Crippen LogP contribution is -2.66. The lowest BCUT2D eigenvalue weighted by atomic mass is 9.82. The van der Waals surface area contributed by atoms with E-state index in [0.717, 1.165) is 16.2 Å². The van der Waals surface area contributed by atoms with E-state index in [-0.39, 0.29) is 18.1 Å². The molecule has 2 aromatic rings. The number of nitrogens with zero attached hydrogens (tertiary/aromatic N) is 4. The van der Waals surface area contributed by atoms with Crippen molar-refractivity contribution < 1.29 is 58.6 Å². The van der Waals surface area contributed by atoms with Crippen molar-refractivity contribution >= 4 is 19.5 Å². The third kappa shape index (κ3) is 5.80. The Hall–Kier alpha value is -2.85. The molecule has 44 heavy (non-hydrogen) atoms. The summed E-state index contributed by atoms with van der Waals surface area (Å²) in [6.45, 7) is 2.85. The Balaban J connectivity index is 0.000000257. The maximum Gasteiger partial charge on any atom is 0.470 e. The first kappa shape index (κ1) is 35.6. The fraction of sp³-hybridized carbons (Fsp3) is 0.652. The molecule has 0 spiro atoms. The topological polar surface area (TPSA) is 317 Å². The summed E-state index contributed by atoms with van der Waals surface area (Å²) < 4.78 is 34.5. The van der Waals surface area contributed by atoms with Crippen LogP contribution in [0, 0.1) is 0 Å². The molecule has 4 heterocycles. The van der Waals surface area contributed by atoms with Crippen molar-refractivity contribution in [2.45, 2.75) is 74.4 Å². The first-order chi connectivity index (χ1) is 20.3. The first-order valence-corrected chi connectivity index (χ1v) is 14.5. The van der Waals surface area contributed by atoms with Crippen molar-refractivity contribution in [1.29, 1.82) is 0 Å². The zero-order chi connectivity index (χ0) is 33.5. The number of hydrogen-bond donors (Lipinski definition) is 9. The number of methoxy groups -OCH3 is 1. The van der Waals surface area contributed by atoms with Crippen molar-refractivity contribution in [3.8, 4) is 0 Å². The normalized spacial score (nSPS) is 35.3. The van der Waals surface area contributed by atoms with Gasteiger partial charge in [0.15, 0.2) is 11.3 Å². The first-order valence-electron chi connectivity index (χ1n) is 13.0. The van der Waals surface area contributed by atoms with Gasteiger partial charge >= 0.3 is 19.2 Å². The molecule has 2 aliphatic heterocycles. The van der Waals surface area contributed by atoms with Gasteiger partial charge in [-0.25, -0.2) is 14.2 Å². The van der Waals surface area contributed by atoms with Gasteiger partial charge in [0, 0.05) is 19.5 Å². The molecule has 20 nitrogen and oxygen atoms in total. The number of phosphoric ester groups is 1. The van der Waals surface area contributed by atoms with Crippen LogP contribution in [-0.4, -0.2) is 111 Å². The number of rotatable bonds is 8. The molecule has 0 amide bonds. The van der Waals surface area contributed by atoms with Crippen molar-refractivity contribution in [2.24, 2.45) is 0 Å². The van der Waals surface area contributed by atoms with E-state index in [9.17, 15) is 44.4 Å². The van der Waals surface area contributed by atoms with Gasteiger partial charge in [-0.1, -0.05) is 6.92 Å². The Morgan fingerprint density at radius 3 is 1.91 bits per heavy atom. The average molecular weight is 653 g/mol. The van der Waals surface area contributed by atoms with Crippen molar-refractivity contribution in [3.05, 3.63) is 45.5 Å². The maximum atomic E-state index is 12.3. The number of ether oxygens (including phenoxy) is 3. The highest BCUT2D eigenvalue weighted by Crippen LogP contribution is 2.58. The number of aliphatic hydroxyl groups is 5. The van der Waals surface area contributed by atoms with Gasteiger partial charge in [-0.3, -0.25) is 13.7 Å². The summed E-state index contributed by atoms with van der Waals surface area (Å²) in [6.07, 6.45) is -2.80. The van der Waals surface area contributed by atoms with E-state index in [2.05, 4.69) is 9.97 Å². The van der Waals surface area contributed by atoms with E-state index in [0.29, 0.717) is 0 Å². The summed E-state index contributed by atoms with van der Waals surface area (Å²) in [6, 6.07) is 2.64. The lowest BCUT2D eigenvalue weighted by Gasteiger charge is -2.45. The zero-order valence-electron chi connectivity index (χ0n) is 24.1. The van der Waals surface area contributed by atoms with Gasteiger partial charge < -0.3 is 61.0 Å². The molecule has 248 valence electrons. The summed E-state index contributed by atoms with van der Waals surface area (Å²) in [5.74, 6) is -2.63. The van der Waals surface area contributed by atoms with Crippen LogP contribution in [-0.2, 0) is 34.7 Å². The van der Waals surface area contributed by atoms with Gasteiger partial charge in [0.05, 0.1) is 13.2 Å². The second-order valence-corrected chi connectivity index (χ2v) is 11.4. The van der Waals surface area contributed by atoms with Gasteiger partial charge in [0.1, 0.15) is 36.1 Å². The van der Waals surface area contributed by atoms with Crippen LogP contribution in [0.3, 0.4) is 0 Å². The average Bonchev–Trinajstić information content (AvgIpc) is 3.28. The van der Waals surface area contributed by atoms with Crippen molar-refractivity contribution in [2.75, 3.05) is 31.8 Å². The highest BCUT2D eigenvalue weighted by atomic mass is 31.2. The van der Waals surface area contributed by atoms with E-state index in [1.807, 2.05) is 0 Å². The van der Waals surface area contributed by atoms with Crippen LogP contribution in [0.5, 0.6) is 0 Å². The van der Waals surface area contributed by atoms with Crippen LogP contribution in [0.2, 0.25) is 0 Å². The van der Waals surface area contributed by atoms with E-state index >= 15 is 0 Å². The Morgan fingerprint density at radius 1 is 1.00 bits per heavy atom. The summed E-state index contributed by atoms with van der Waals surface area (Å²) >= 11 is 0. The predicted molar refractivity (Wildman–Crippen MR) is 147 cm³/mol. The lowest BCUT2D eigenvalue weighted by molar-refractivity contribution is -0.328. The number of hydrogen-bond acceptors (Lipinski definition) is 16. The Kier molecular flexibility index (Phi) is 10.1. The van der Waals surface area contributed by atoms with E-state index in [4.69, 9.17) is 35.3 Å². The molecule has 0 radical (unpaired) electrons. The van der Waals surface area contributed by atoms with Gasteiger partial charge in [-0.2, -0.15) is 9.97 Å². The van der Waals surface area contributed by atoms with E-state index in [1.54, 1.807) is 0 Å². The van der Waals surface area contributed by atoms with Crippen LogP contribution in [0.4, 0.5) is 11.6 Å². The number of aliphatic hydroxyl groups excluding tert-OH is 4. The summed E-state index contributed by atoms with van der Waals surface area (Å²) in [5, 5.41) is 49.7. The minimum atomic E-state index is -5.16. The van der Waals surface area contributed by atoms with E-state index < -0.39 is 79.7 Å². The molecule has 4 rings (SSSR count). The molecule has 2 aliphatic rings. The summed E-state index contributed by atoms with van der Waals surface area (Å²) in [4.78, 5) is 49.7. The number of nitrogen functional groups attached to an aromatic ring is 2. The molecule has 2 saturated heterocycles. The molecule has 0 saturated carbocycles. The Labute approximate surface area is 249 Å². The number of aromatic nitrogens is 4. The second-order valence-electron chi connectivity index (χ2n) is 10.3. The van der Waals surface area contributed by atoms with Crippen LogP contribution < -0.4 is 22.8 Å². The fourth-order valence-corrected chi connectivity index (χ4v) is 6.30. The largest absolute Gasteiger partial charge is 0.470 e. The van der Waals surface area contributed by atoms with Gasteiger partial charge in [0.2, 0.25) is 11.5 Å². The maximum absolute atomic E-state index is 12.3. The number of nitrogens with two attached hydrogens (primary N) is 2.